The maximum absolute atomic E-state index is 13.7. The fraction of sp³-hybridized carbons (Fsp3) is 0.208. The number of rotatable bonds is 8. The van der Waals surface area contributed by atoms with Crippen LogP contribution in [0.5, 0.6) is 23.0 Å². The van der Waals surface area contributed by atoms with Crippen LogP contribution in [0.15, 0.2) is 48.7 Å². The molecule has 0 atom stereocenters. The molecule has 0 unspecified atom stereocenters. The van der Waals surface area contributed by atoms with Crippen molar-refractivity contribution in [2.45, 2.75) is 25.9 Å². The van der Waals surface area contributed by atoms with Gasteiger partial charge in [0.15, 0.2) is 11.5 Å². The van der Waals surface area contributed by atoms with Crippen molar-refractivity contribution < 1.29 is 50.1 Å². The monoisotopic (exact) mass is 543 g/mol. The third-order valence-electron chi connectivity index (χ3n) is 5.02. The Labute approximate surface area is 211 Å². The average molecular weight is 543 g/mol. The molecule has 0 aliphatic heterocycles. The van der Waals surface area contributed by atoms with E-state index in [-0.39, 0.29) is 35.1 Å². The van der Waals surface area contributed by atoms with Crippen molar-refractivity contribution in [3.63, 3.8) is 0 Å². The Kier molecular flexibility index (Phi) is 8.03. The van der Waals surface area contributed by atoms with Crippen molar-refractivity contribution in [3.8, 4) is 23.0 Å². The molecule has 0 fully saturated rings. The van der Waals surface area contributed by atoms with Crippen molar-refractivity contribution in [1.29, 1.82) is 0 Å². The number of carbonyl (C=O) groups is 2. The fourth-order valence-corrected chi connectivity index (χ4v) is 3.48. The second kappa shape index (κ2) is 10.9. The number of aromatic nitrogens is 1. The van der Waals surface area contributed by atoms with E-state index in [9.17, 15) is 35.9 Å². The number of ether oxygens (including phenoxy) is 3. The van der Waals surface area contributed by atoms with Crippen LogP contribution in [0.4, 0.5) is 32.0 Å². The topological polar surface area (TPSA) is 113 Å². The third kappa shape index (κ3) is 6.63. The predicted octanol–water partition coefficient (Wildman–Crippen LogP) is 5.71. The van der Waals surface area contributed by atoms with E-state index in [0.29, 0.717) is 0 Å². The van der Waals surface area contributed by atoms with Gasteiger partial charge in [-0.2, -0.15) is 13.2 Å². The summed E-state index contributed by atoms with van der Waals surface area (Å²) in [6.45, 7) is 1.40. The molecule has 38 heavy (non-hydrogen) atoms. The maximum Gasteiger partial charge on any atom is 0.573 e. The first-order valence-corrected chi connectivity index (χ1v) is 10.7. The molecular weight excluding hydrogens is 524 g/mol. The molecule has 3 aromatic rings. The number of primary amides is 1. The van der Waals surface area contributed by atoms with E-state index in [0.717, 1.165) is 49.7 Å². The first kappa shape index (κ1) is 28.1. The zero-order valence-electron chi connectivity index (χ0n) is 19.7. The van der Waals surface area contributed by atoms with Gasteiger partial charge in [-0.25, -0.2) is 0 Å². The van der Waals surface area contributed by atoms with E-state index in [2.05, 4.69) is 15.0 Å². The lowest BCUT2D eigenvalue weighted by molar-refractivity contribution is -0.274. The summed E-state index contributed by atoms with van der Waals surface area (Å²) >= 11 is 0. The number of hydrogen-bond acceptors (Lipinski definition) is 6. The van der Waals surface area contributed by atoms with Crippen LogP contribution in [0.2, 0.25) is 0 Å². The van der Waals surface area contributed by atoms with E-state index in [1.165, 1.54) is 13.0 Å². The zero-order valence-corrected chi connectivity index (χ0v) is 19.7. The summed E-state index contributed by atoms with van der Waals surface area (Å²) in [5.74, 6) is -3.37. The zero-order chi connectivity index (χ0) is 28.3. The van der Waals surface area contributed by atoms with E-state index < -0.39 is 46.8 Å². The number of pyridine rings is 1. The highest BCUT2D eigenvalue weighted by atomic mass is 19.4. The lowest BCUT2D eigenvalue weighted by Gasteiger charge is -2.20. The molecule has 0 saturated carbocycles. The number of hydrogen-bond donors (Lipinski definition) is 2. The minimum absolute atomic E-state index is 0.00967. The molecule has 0 aliphatic carbocycles. The second-order valence-corrected chi connectivity index (χ2v) is 7.53. The molecule has 0 radical (unpaired) electrons. The van der Waals surface area contributed by atoms with Gasteiger partial charge in [0, 0.05) is 18.0 Å². The van der Waals surface area contributed by atoms with Crippen LogP contribution in [0.3, 0.4) is 0 Å². The maximum atomic E-state index is 13.7. The molecule has 0 bridgehead atoms. The number of carbonyl (C=O) groups excluding carboxylic acids is 2. The van der Waals surface area contributed by atoms with Crippen LogP contribution in [-0.2, 0) is 12.6 Å². The first-order chi connectivity index (χ1) is 17.7. The molecule has 1 aromatic heterocycles. The van der Waals surface area contributed by atoms with Crippen molar-refractivity contribution in [2.75, 3.05) is 12.4 Å². The Morgan fingerprint density at radius 1 is 0.974 bits per heavy atom. The van der Waals surface area contributed by atoms with Gasteiger partial charge in [-0.3, -0.25) is 14.6 Å². The minimum atomic E-state index is -4.98. The standard InChI is InChI=1S/C24H19F6N3O5/c1-3-14-15(23(25,26)27)5-7-18(20(14)22(35)33-12-8-9-32-16(10-12)21(31)34)37-17-6-4-13(11-19(17)36-2)38-24(28,29)30/h4-11H,3H2,1-2H3,(H2,31,34)(H,32,33,35). The number of nitrogens with one attached hydrogen (secondary N) is 1. The van der Waals surface area contributed by atoms with E-state index in [1.54, 1.807) is 0 Å². The quantitative estimate of drug-likeness (QED) is 0.352. The average Bonchev–Trinajstić information content (AvgIpc) is 2.82. The van der Waals surface area contributed by atoms with Crippen molar-refractivity contribution >= 4 is 17.5 Å². The summed E-state index contributed by atoms with van der Waals surface area (Å²) < 4.78 is 93.5. The number of halogens is 6. The van der Waals surface area contributed by atoms with Gasteiger partial charge in [-0.15, -0.1) is 13.2 Å². The van der Waals surface area contributed by atoms with Gasteiger partial charge in [-0.1, -0.05) is 6.92 Å². The van der Waals surface area contributed by atoms with Crippen LogP contribution in [0, 0.1) is 0 Å². The predicted molar refractivity (Wildman–Crippen MR) is 121 cm³/mol. The van der Waals surface area contributed by atoms with Crippen LogP contribution < -0.4 is 25.3 Å². The molecule has 0 saturated heterocycles. The first-order valence-electron chi connectivity index (χ1n) is 10.7. The summed E-state index contributed by atoms with van der Waals surface area (Å²) in [5.41, 5.74) is 2.98. The van der Waals surface area contributed by atoms with E-state index >= 15 is 0 Å². The summed E-state index contributed by atoms with van der Waals surface area (Å²) in [7, 11) is 1.12. The number of nitrogens with two attached hydrogens (primary N) is 1. The molecule has 1 heterocycles. The van der Waals surface area contributed by atoms with Gasteiger partial charge < -0.3 is 25.3 Å². The number of amides is 2. The molecule has 0 aliphatic rings. The smallest absolute Gasteiger partial charge is 0.493 e. The number of benzene rings is 2. The van der Waals surface area contributed by atoms with Gasteiger partial charge in [0.2, 0.25) is 0 Å². The molecule has 14 heteroatoms. The molecule has 3 rings (SSSR count). The summed E-state index contributed by atoms with van der Waals surface area (Å²) in [6.07, 6.45) is -8.88. The Morgan fingerprint density at radius 2 is 1.66 bits per heavy atom. The molecule has 3 N–H and O–H groups in total. The molecule has 202 valence electrons. The number of alkyl halides is 6. The highest BCUT2D eigenvalue weighted by molar-refractivity contribution is 6.08. The van der Waals surface area contributed by atoms with E-state index in [4.69, 9.17) is 15.2 Å². The van der Waals surface area contributed by atoms with Gasteiger partial charge in [-0.05, 0) is 48.4 Å². The lowest BCUT2D eigenvalue weighted by Crippen LogP contribution is -2.20. The second-order valence-electron chi connectivity index (χ2n) is 7.53. The Bertz CT molecular complexity index is 1360. The normalized spacial score (nSPS) is 11.6. The summed E-state index contributed by atoms with van der Waals surface area (Å²) in [4.78, 5) is 28.4. The largest absolute Gasteiger partial charge is 0.573 e. The highest BCUT2D eigenvalue weighted by Gasteiger charge is 2.36. The minimum Gasteiger partial charge on any atom is -0.493 e. The van der Waals surface area contributed by atoms with E-state index in [1.807, 2.05) is 0 Å². The molecule has 2 aromatic carbocycles. The van der Waals surface area contributed by atoms with Crippen LogP contribution in [-0.4, -0.2) is 30.3 Å². The Morgan fingerprint density at radius 3 is 2.24 bits per heavy atom. The Hall–Kier alpha value is -4.49. The van der Waals surface area contributed by atoms with Gasteiger partial charge in [0.05, 0.1) is 18.2 Å². The summed E-state index contributed by atoms with van der Waals surface area (Å²) in [6, 6.07) is 6.82. The van der Waals surface area contributed by atoms with Crippen LogP contribution in [0.1, 0.15) is 38.9 Å². The lowest BCUT2D eigenvalue weighted by atomic mass is 9.96. The van der Waals surface area contributed by atoms with Gasteiger partial charge in [0.25, 0.3) is 11.8 Å². The van der Waals surface area contributed by atoms with Crippen molar-refractivity contribution in [2.24, 2.45) is 5.73 Å². The summed E-state index contributed by atoms with van der Waals surface area (Å²) in [5, 5.41) is 2.39. The molecular formula is C24H19F6N3O5. The number of nitrogens with zero attached hydrogens (tertiary/aromatic N) is 1. The Balaban J connectivity index is 2.10. The molecule has 8 nitrogen and oxygen atoms in total. The fourth-order valence-electron chi connectivity index (χ4n) is 3.48. The SMILES string of the molecule is CCc1c(C(F)(F)F)ccc(Oc2ccc(OC(F)(F)F)cc2OC)c1C(=O)Nc1ccnc(C(N)=O)c1. The van der Waals surface area contributed by atoms with Crippen molar-refractivity contribution in [1.82, 2.24) is 4.98 Å². The molecule has 0 spiro atoms. The van der Waals surface area contributed by atoms with Crippen LogP contribution in [0.25, 0.3) is 0 Å². The van der Waals surface area contributed by atoms with Crippen molar-refractivity contribution in [3.05, 3.63) is 71.0 Å². The number of methoxy groups -OCH3 is 1. The number of anilines is 1. The highest BCUT2D eigenvalue weighted by Crippen LogP contribution is 2.41. The molecule has 2 amide bonds. The van der Waals surface area contributed by atoms with Gasteiger partial charge >= 0.3 is 12.5 Å². The van der Waals surface area contributed by atoms with Gasteiger partial charge in [0.1, 0.15) is 17.2 Å². The third-order valence-corrected chi connectivity index (χ3v) is 5.02. The van der Waals surface area contributed by atoms with Crippen LogP contribution >= 0.6 is 0 Å².